The summed E-state index contributed by atoms with van der Waals surface area (Å²) < 4.78 is 22.6. The van der Waals surface area contributed by atoms with Gasteiger partial charge < -0.3 is 19.9 Å². The van der Waals surface area contributed by atoms with Crippen molar-refractivity contribution >= 4 is 28.4 Å². The molecule has 1 saturated carbocycles. The molecule has 11 heteroatoms. The smallest absolute Gasteiger partial charge is 0.257 e. The second-order valence-electron chi connectivity index (χ2n) is 8.97. The molecule has 5 heterocycles. The number of morpholine rings is 1. The maximum atomic E-state index is 13.3. The SMILES string of the molecule is CNc1cc(-c2cn(CCN3CCOCC3)c3ncccc23)nc2c(C(=O)N[C@H]3C[C@H]3F)cnn12. The average molecular weight is 479 g/mol. The summed E-state index contributed by atoms with van der Waals surface area (Å²) in [6.07, 6.45) is 4.72. The number of nitrogens with zero attached hydrogens (tertiary/aromatic N) is 6. The highest BCUT2D eigenvalue weighted by molar-refractivity contribution is 6.01. The van der Waals surface area contributed by atoms with E-state index in [4.69, 9.17) is 9.72 Å². The van der Waals surface area contributed by atoms with Crippen LogP contribution < -0.4 is 10.6 Å². The summed E-state index contributed by atoms with van der Waals surface area (Å²) >= 11 is 0. The van der Waals surface area contributed by atoms with Gasteiger partial charge in [-0.2, -0.15) is 9.61 Å². The summed E-state index contributed by atoms with van der Waals surface area (Å²) in [5.41, 5.74) is 3.25. The van der Waals surface area contributed by atoms with E-state index in [1.54, 1.807) is 17.8 Å². The molecule has 1 aliphatic carbocycles. The van der Waals surface area contributed by atoms with Crippen LogP contribution in [-0.4, -0.2) is 87.1 Å². The maximum Gasteiger partial charge on any atom is 0.257 e. The summed E-state index contributed by atoms with van der Waals surface area (Å²) in [4.78, 5) is 24.7. The van der Waals surface area contributed by atoms with Gasteiger partial charge in [0.05, 0.1) is 31.1 Å². The molecule has 2 N–H and O–H groups in total. The Kier molecular flexibility index (Phi) is 5.57. The molecule has 2 aliphatic rings. The van der Waals surface area contributed by atoms with E-state index in [9.17, 15) is 9.18 Å². The molecule has 4 aromatic rings. The van der Waals surface area contributed by atoms with Crippen molar-refractivity contribution in [2.45, 2.75) is 25.2 Å². The molecule has 6 rings (SSSR count). The van der Waals surface area contributed by atoms with E-state index in [0.29, 0.717) is 29.1 Å². The number of pyridine rings is 1. The molecule has 0 unspecified atom stereocenters. The van der Waals surface area contributed by atoms with Crippen molar-refractivity contribution < 1.29 is 13.9 Å². The molecule has 182 valence electrons. The number of carbonyl (C=O) groups excluding carboxylic acids is 1. The Morgan fingerprint density at radius 1 is 1.26 bits per heavy atom. The largest absolute Gasteiger partial charge is 0.379 e. The second kappa shape index (κ2) is 8.90. The van der Waals surface area contributed by atoms with E-state index in [0.717, 1.165) is 56.0 Å². The predicted octanol–water partition coefficient (Wildman–Crippen LogP) is 1.96. The van der Waals surface area contributed by atoms with Gasteiger partial charge in [-0.25, -0.2) is 14.4 Å². The molecule has 0 spiro atoms. The number of alkyl halides is 1. The third kappa shape index (κ3) is 4.10. The molecule has 2 fully saturated rings. The minimum absolute atomic E-state index is 0.316. The van der Waals surface area contributed by atoms with Crippen LogP contribution >= 0.6 is 0 Å². The van der Waals surface area contributed by atoms with Gasteiger partial charge >= 0.3 is 0 Å². The van der Waals surface area contributed by atoms with Gasteiger partial charge in [-0.3, -0.25) is 9.69 Å². The lowest BCUT2D eigenvalue weighted by Gasteiger charge is -2.26. The van der Waals surface area contributed by atoms with Crippen LogP contribution in [0.2, 0.25) is 0 Å². The molecule has 0 aromatic carbocycles. The predicted molar refractivity (Wildman–Crippen MR) is 129 cm³/mol. The molecule has 0 radical (unpaired) electrons. The molecule has 35 heavy (non-hydrogen) atoms. The molecule has 2 atom stereocenters. The molecule has 10 nitrogen and oxygen atoms in total. The minimum Gasteiger partial charge on any atom is -0.379 e. The Labute approximate surface area is 201 Å². The van der Waals surface area contributed by atoms with Gasteiger partial charge in [0.15, 0.2) is 5.65 Å². The topological polar surface area (TPSA) is 102 Å². The number of nitrogens with one attached hydrogen (secondary N) is 2. The first-order valence-electron chi connectivity index (χ1n) is 11.9. The molecule has 1 saturated heterocycles. The van der Waals surface area contributed by atoms with Crippen molar-refractivity contribution in [1.82, 2.24) is 34.4 Å². The Balaban J connectivity index is 1.38. The van der Waals surface area contributed by atoms with Gasteiger partial charge in [-0.1, -0.05) is 0 Å². The van der Waals surface area contributed by atoms with Crippen LogP contribution in [0.25, 0.3) is 27.9 Å². The normalized spacial score (nSPS) is 20.4. The minimum atomic E-state index is -0.978. The molecule has 0 bridgehead atoms. The van der Waals surface area contributed by atoms with Crippen molar-refractivity contribution in [1.29, 1.82) is 0 Å². The number of hydrogen-bond donors (Lipinski definition) is 2. The molecule has 1 amide bonds. The van der Waals surface area contributed by atoms with Gasteiger partial charge in [-0.05, 0) is 12.1 Å². The standard InChI is InChI=1S/C24H27FN8O2/c1-26-21-12-19(29-23-16(13-28-33(21)23)24(34)30-20-11-18(20)25)17-14-32(22-15(17)3-2-4-27-22)6-5-31-7-9-35-10-8-31/h2-4,12-14,18,20,26H,5-11H2,1H3,(H,30,34)/t18-,20+/m1/s1. The van der Waals surface area contributed by atoms with E-state index in [1.807, 2.05) is 18.2 Å². The van der Waals surface area contributed by atoms with E-state index >= 15 is 0 Å². The van der Waals surface area contributed by atoms with Crippen LogP contribution in [-0.2, 0) is 11.3 Å². The van der Waals surface area contributed by atoms with E-state index in [2.05, 4.69) is 36.4 Å². The Hall–Kier alpha value is -3.57. The third-order valence-corrected chi connectivity index (χ3v) is 6.67. The first-order chi connectivity index (χ1) is 17.1. The average Bonchev–Trinajstić information content (AvgIpc) is 3.27. The number of halogens is 1. The van der Waals surface area contributed by atoms with E-state index in [1.165, 1.54) is 6.20 Å². The fourth-order valence-corrected chi connectivity index (χ4v) is 4.57. The molecular weight excluding hydrogens is 451 g/mol. The van der Waals surface area contributed by atoms with Crippen LogP contribution in [0, 0.1) is 0 Å². The van der Waals surface area contributed by atoms with Gasteiger partial charge in [0.2, 0.25) is 0 Å². The summed E-state index contributed by atoms with van der Waals surface area (Å²) in [6.45, 7) is 5.09. The lowest BCUT2D eigenvalue weighted by molar-refractivity contribution is 0.0365. The Morgan fingerprint density at radius 2 is 2.09 bits per heavy atom. The highest BCUT2D eigenvalue weighted by Crippen LogP contribution is 2.31. The molecule has 4 aromatic heterocycles. The number of rotatable bonds is 7. The number of carbonyl (C=O) groups is 1. The monoisotopic (exact) mass is 478 g/mol. The van der Waals surface area contributed by atoms with Gasteiger partial charge in [0.25, 0.3) is 5.91 Å². The van der Waals surface area contributed by atoms with Crippen LogP contribution in [0.4, 0.5) is 10.2 Å². The highest BCUT2D eigenvalue weighted by atomic mass is 19.1. The number of hydrogen-bond acceptors (Lipinski definition) is 7. The highest BCUT2D eigenvalue weighted by Gasteiger charge is 2.39. The fourth-order valence-electron chi connectivity index (χ4n) is 4.57. The van der Waals surface area contributed by atoms with Crippen LogP contribution in [0.1, 0.15) is 16.8 Å². The Morgan fingerprint density at radius 3 is 2.86 bits per heavy atom. The lowest BCUT2D eigenvalue weighted by Crippen LogP contribution is -2.38. The number of amides is 1. The van der Waals surface area contributed by atoms with Gasteiger partial charge in [-0.15, -0.1) is 0 Å². The summed E-state index contributed by atoms with van der Waals surface area (Å²) in [5.74, 6) is 0.323. The number of ether oxygens (including phenoxy) is 1. The third-order valence-electron chi connectivity index (χ3n) is 6.67. The van der Waals surface area contributed by atoms with Crippen molar-refractivity contribution in [2.24, 2.45) is 0 Å². The molecular formula is C24H27FN8O2. The lowest BCUT2D eigenvalue weighted by atomic mass is 10.1. The number of fused-ring (bicyclic) bond motifs is 2. The summed E-state index contributed by atoms with van der Waals surface area (Å²) in [7, 11) is 1.80. The first kappa shape index (κ1) is 21.9. The zero-order valence-corrected chi connectivity index (χ0v) is 19.4. The first-order valence-corrected chi connectivity index (χ1v) is 11.9. The van der Waals surface area contributed by atoms with E-state index < -0.39 is 12.2 Å². The summed E-state index contributed by atoms with van der Waals surface area (Å²) in [6, 6.07) is 5.43. The van der Waals surface area contributed by atoms with Crippen LogP contribution in [0.3, 0.4) is 0 Å². The van der Waals surface area contributed by atoms with Crippen molar-refractivity contribution in [3.63, 3.8) is 0 Å². The second-order valence-corrected chi connectivity index (χ2v) is 8.97. The van der Waals surface area contributed by atoms with Crippen molar-refractivity contribution in [3.05, 3.63) is 42.4 Å². The van der Waals surface area contributed by atoms with Crippen LogP contribution in [0.15, 0.2) is 36.8 Å². The number of aromatic nitrogens is 5. The molecule has 1 aliphatic heterocycles. The Bertz CT molecular complexity index is 1390. The zero-order chi connectivity index (χ0) is 23.9. The van der Waals surface area contributed by atoms with Crippen LogP contribution in [0.5, 0.6) is 0 Å². The van der Waals surface area contributed by atoms with Gasteiger partial charge in [0.1, 0.15) is 23.2 Å². The quantitative estimate of drug-likeness (QED) is 0.419. The maximum absolute atomic E-state index is 13.3. The van der Waals surface area contributed by atoms with E-state index in [-0.39, 0.29) is 5.91 Å². The zero-order valence-electron chi connectivity index (χ0n) is 19.4. The van der Waals surface area contributed by atoms with Gasteiger partial charge in [0, 0.05) is 69.1 Å². The van der Waals surface area contributed by atoms with Crippen molar-refractivity contribution in [2.75, 3.05) is 45.2 Å². The summed E-state index contributed by atoms with van der Waals surface area (Å²) in [5, 5.41) is 11.2. The fraction of sp³-hybridized carbons (Fsp3) is 0.417. The number of anilines is 1. The van der Waals surface area contributed by atoms with Crippen molar-refractivity contribution in [3.8, 4) is 11.3 Å².